The van der Waals surface area contributed by atoms with Crippen LogP contribution in [0.25, 0.3) is 10.9 Å². The second kappa shape index (κ2) is 8.05. The van der Waals surface area contributed by atoms with Gasteiger partial charge >= 0.3 is 0 Å². The first-order valence-electron chi connectivity index (χ1n) is 8.25. The lowest BCUT2D eigenvalue weighted by Crippen LogP contribution is -2.47. The minimum atomic E-state index is -0.597. The van der Waals surface area contributed by atoms with Crippen molar-refractivity contribution in [2.24, 2.45) is 0 Å². The van der Waals surface area contributed by atoms with Gasteiger partial charge in [0.15, 0.2) is 0 Å². The molecule has 3 aromatic rings. The summed E-state index contributed by atoms with van der Waals surface area (Å²) in [6.45, 7) is 1.95. The fraction of sp³-hybridized carbons (Fsp3) is 0.263. The molecule has 2 N–H and O–H groups in total. The minimum absolute atomic E-state index is 0.102. The summed E-state index contributed by atoms with van der Waals surface area (Å²) in [5.41, 5.74) is 2.04. The predicted octanol–water partition coefficient (Wildman–Crippen LogP) is 3.70. The Bertz CT molecular complexity index is 934. The number of likely N-dealkylation sites (N-methyl/N-ethyl adjacent to an activating group) is 1. The van der Waals surface area contributed by atoms with E-state index in [2.05, 4.69) is 26.2 Å². The van der Waals surface area contributed by atoms with E-state index in [1.165, 1.54) is 6.92 Å². The molecule has 2 aromatic heterocycles. The molecule has 7 heteroatoms. The summed E-state index contributed by atoms with van der Waals surface area (Å²) < 4.78 is 1.03. The summed E-state index contributed by atoms with van der Waals surface area (Å²) in [5.74, 6) is -0.314. The highest BCUT2D eigenvalue weighted by molar-refractivity contribution is 9.11. The number of hydrogen-bond acceptors (Lipinski definition) is 3. The fourth-order valence-electron chi connectivity index (χ4n) is 2.98. The average Bonchev–Trinajstić information content (AvgIpc) is 3.19. The molecular weight excluding hydrogens is 414 g/mol. The van der Waals surface area contributed by atoms with Gasteiger partial charge in [-0.3, -0.25) is 9.59 Å². The summed E-state index contributed by atoms with van der Waals surface area (Å²) in [5, 5.41) is 3.87. The molecule has 0 radical (unpaired) electrons. The molecule has 5 nitrogen and oxygen atoms in total. The van der Waals surface area contributed by atoms with E-state index >= 15 is 0 Å². The number of thiophene rings is 1. The zero-order chi connectivity index (χ0) is 18.7. The number of carbonyl (C=O) groups excluding carboxylic acids is 2. The average molecular weight is 434 g/mol. The number of para-hydroxylation sites is 1. The van der Waals surface area contributed by atoms with E-state index in [9.17, 15) is 9.59 Å². The number of benzene rings is 1. The lowest BCUT2D eigenvalue weighted by molar-refractivity contribution is -0.135. The molecule has 0 saturated heterocycles. The van der Waals surface area contributed by atoms with Crippen LogP contribution in [0.3, 0.4) is 0 Å². The van der Waals surface area contributed by atoms with E-state index in [0.29, 0.717) is 13.0 Å². The maximum Gasteiger partial charge on any atom is 0.245 e. The number of rotatable bonds is 6. The molecular formula is C19H20BrN3O2S. The molecule has 0 bridgehead atoms. The van der Waals surface area contributed by atoms with E-state index < -0.39 is 6.04 Å². The third kappa shape index (κ3) is 4.34. The zero-order valence-corrected chi connectivity index (χ0v) is 17.0. The molecule has 26 heavy (non-hydrogen) atoms. The van der Waals surface area contributed by atoms with Crippen LogP contribution >= 0.6 is 27.3 Å². The maximum atomic E-state index is 12.9. The second-order valence-electron chi connectivity index (χ2n) is 6.22. The van der Waals surface area contributed by atoms with Crippen LogP contribution in [0, 0.1) is 0 Å². The number of hydrogen-bond donors (Lipinski definition) is 2. The highest BCUT2D eigenvalue weighted by atomic mass is 79.9. The van der Waals surface area contributed by atoms with E-state index in [4.69, 9.17) is 0 Å². The van der Waals surface area contributed by atoms with Gasteiger partial charge in [-0.2, -0.15) is 0 Å². The number of amides is 2. The molecule has 0 aliphatic heterocycles. The van der Waals surface area contributed by atoms with E-state index in [1.807, 2.05) is 42.6 Å². The molecule has 0 aliphatic carbocycles. The van der Waals surface area contributed by atoms with Gasteiger partial charge in [0.1, 0.15) is 6.04 Å². The standard InChI is InChI=1S/C19H20BrN3O2S/c1-12(24)22-17(9-13-10-21-16-6-4-3-5-15(13)16)19(25)23(2)11-14-7-8-18(20)26-14/h3-8,10,17,21H,9,11H2,1-2H3,(H,22,24). The number of nitrogens with zero attached hydrogens (tertiary/aromatic N) is 1. The van der Waals surface area contributed by atoms with Crippen molar-refractivity contribution in [2.45, 2.75) is 25.9 Å². The molecule has 3 rings (SSSR count). The largest absolute Gasteiger partial charge is 0.361 e. The van der Waals surface area contributed by atoms with Crippen molar-refractivity contribution in [2.75, 3.05) is 7.05 Å². The van der Waals surface area contributed by atoms with Gasteiger partial charge in [0.25, 0.3) is 0 Å². The Morgan fingerprint density at radius 1 is 1.27 bits per heavy atom. The molecule has 1 unspecified atom stereocenters. The summed E-state index contributed by atoms with van der Waals surface area (Å²) in [6, 6.07) is 11.3. The van der Waals surface area contributed by atoms with Gasteiger partial charge in [0, 0.05) is 42.4 Å². The fourth-order valence-corrected chi connectivity index (χ4v) is 4.52. The number of aromatic nitrogens is 1. The van der Waals surface area contributed by atoms with E-state index in [1.54, 1.807) is 23.3 Å². The summed E-state index contributed by atoms with van der Waals surface area (Å²) >= 11 is 5.03. The van der Waals surface area contributed by atoms with Gasteiger partial charge in [-0.25, -0.2) is 0 Å². The third-order valence-corrected chi connectivity index (χ3v) is 5.78. The normalized spacial score (nSPS) is 12.1. The van der Waals surface area contributed by atoms with Crippen molar-refractivity contribution in [1.29, 1.82) is 0 Å². The third-order valence-electron chi connectivity index (χ3n) is 4.17. The SMILES string of the molecule is CC(=O)NC(Cc1c[nH]c2ccccc12)C(=O)N(C)Cc1ccc(Br)s1. The quantitative estimate of drug-likeness (QED) is 0.622. The first-order chi connectivity index (χ1) is 12.4. The van der Waals surface area contributed by atoms with Crippen LogP contribution in [0.4, 0.5) is 0 Å². The smallest absolute Gasteiger partial charge is 0.245 e. The molecule has 2 heterocycles. The van der Waals surface area contributed by atoms with Crippen LogP contribution in [-0.2, 0) is 22.6 Å². The van der Waals surface area contributed by atoms with Crippen LogP contribution in [0.2, 0.25) is 0 Å². The Hall–Kier alpha value is -2.12. The highest BCUT2D eigenvalue weighted by Gasteiger charge is 2.24. The minimum Gasteiger partial charge on any atom is -0.361 e. The summed E-state index contributed by atoms with van der Waals surface area (Å²) in [6.07, 6.45) is 2.35. The summed E-state index contributed by atoms with van der Waals surface area (Å²) in [4.78, 5) is 30.5. The topological polar surface area (TPSA) is 65.2 Å². The second-order valence-corrected chi connectivity index (χ2v) is 8.76. The van der Waals surface area contributed by atoms with Gasteiger partial charge in [0.2, 0.25) is 11.8 Å². The van der Waals surface area contributed by atoms with Crippen LogP contribution in [0.5, 0.6) is 0 Å². The van der Waals surface area contributed by atoms with Gasteiger partial charge < -0.3 is 15.2 Å². The number of aromatic amines is 1. The van der Waals surface area contributed by atoms with Gasteiger partial charge in [0.05, 0.1) is 10.3 Å². The number of nitrogens with one attached hydrogen (secondary N) is 2. The molecule has 0 aliphatic rings. The molecule has 1 aromatic carbocycles. The van der Waals surface area contributed by atoms with Crippen molar-refractivity contribution in [1.82, 2.24) is 15.2 Å². The summed E-state index contributed by atoms with van der Waals surface area (Å²) in [7, 11) is 1.76. The van der Waals surface area contributed by atoms with Crippen LogP contribution in [0.15, 0.2) is 46.4 Å². The lowest BCUT2D eigenvalue weighted by Gasteiger charge is -2.24. The Morgan fingerprint density at radius 2 is 2.04 bits per heavy atom. The van der Waals surface area contributed by atoms with Crippen LogP contribution in [-0.4, -0.2) is 34.8 Å². The molecule has 0 fully saturated rings. The Balaban J connectivity index is 1.78. The van der Waals surface area contributed by atoms with Crippen molar-refractivity contribution in [3.8, 4) is 0 Å². The molecule has 136 valence electrons. The number of fused-ring (bicyclic) bond motifs is 1. The Kier molecular flexibility index (Phi) is 5.78. The van der Waals surface area contributed by atoms with Gasteiger partial charge in [-0.05, 0) is 39.7 Å². The lowest BCUT2D eigenvalue weighted by atomic mass is 10.0. The monoisotopic (exact) mass is 433 g/mol. The number of halogens is 1. The molecule has 0 spiro atoms. The zero-order valence-electron chi connectivity index (χ0n) is 14.6. The predicted molar refractivity (Wildman–Crippen MR) is 108 cm³/mol. The van der Waals surface area contributed by atoms with Gasteiger partial charge in [-0.15, -0.1) is 11.3 Å². The van der Waals surface area contributed by atoms with Crippen LogP contribution < -0.4 is 5.32 Å². The van der Waals surface area contributed by atoms with Crippen LogP contribution in [0.1, 0.15) is 17.4 Å². The first-order valence-corrected chi connectivity index (χ1v) is 9.86. The Morgan fingerprint density at radius 3 is 2.73 bits per heavy atom. The van der Waals surface area contributed by atoms with Crippen molar-refractivity contribution in [3.05, 3.63) is 56.8 Å². The van der Waals surface area contributed by atoms with Crippen molar-refractivity contribution >= 4 is 50.0 Å². The first kappa shape index (κ1) is 18.7. The highest BCUT2D eigenvalue weighted by Crippen LogP contribution is 2.24. The van der Waals surface area contributed by atoms with Crippen molar-refractivity contribution < 1.29 is 9.59 Å². The molecule has 2 amide bonds. The Labute approximate surface area is 164 Å². The van der Waals surface area contributed by atoms with E-state index in [0.717, 1.165) is 25.1 Å². The van der Waals surface area contributed by atoms with E-state index in [-0.39, 0.29) is 11.8 Å². The maximum absolute atomic E-state index is 12.9. The van der Waals surface area contributed by atoms with Crippen molar-refractivity contribution in [3.63, 3.8) is 0 Å². The van der Waals surface area contributed by atoms with Gasteiger partial charge in [-0.1, -0.05) is 18.2 Å². The number of carbonyl (C=O) groups is 2. The molecule has 0 saturated carbocycles. The molecule has 1 atom stereocenters. The number of H-pyrrole nitrogens is 1.